The van der Waals surface area contributed by atoms with Crippen LogP contribution in [0.4, 0.5) is 0 Å². The van der Waals surface area contributed by atoms with Crippen LogP contribution in [0.3, 0.4) is 0 Å². The Bertz CT molecular complexity index is 178. The summed E-state index contributed by atoms with van der Waals surface area (Å²) in [5, 5.41) is 3.14. The molecule has 1 rings (SSSR count). The molecule has 1 heterocycles. The van der Waals surface area contributed by atoms with Gasteiger partial charge in [-0.15, -0.1) is 0 Å². The van der Waals surface area contributed by atoms with Crippen LogP contribution in [0.25, 0.3) is 0 Å². The number of hydrogen-bond donors (Lipinski definition) is 1. The molecule has 0 aliphatic carbocycles. The van der Waals surface area contributed by atoms with E-state index >= 15 is 0 Å². The van der Waals surface area contributed by atoms with Gasteiger partial charge in [-0.25, -0.2) is 0 Å². The van der Waals surface area contributed by atoms with Crippen LogP contribution in [0.5, 0.6) is 0 Å². The second-order valence-electron chi connectivity index (χ2n) is 3.71. The van der Waals surface area contributed by atoms with Gasteiger partial charge in [0.2, 0.25) is 5.91 Å². The van der Waals surface area contributed by atoms with Gasteiger partial charge in [-0.1, -0.05) is 0 Å². The van der Waals surface area contributed by atoms with E-state index in [1.807, 2.05) is 20.9 Å². The Balaban J connectivity index is 2.16. The van der Waals surface area contributed by atoms with Gasteiger partial charge >= 0.3 is 0 Å². The summed E-state index contributed by atoms with van der Waals surface area (Å²) in [7, 11) is 1.83. The maximum Gasteiger partial charge on any atom is 0.236 e. The fourth-order valence-corrected chi connectivity index (χ4v) is 0.998. The van der Waals surface area contributed by atoms with Crippen LogP contribution in [0.1, 0.15) is 13.8 Å². The van der Waals surface area contributed by atoms with Gasteiger partial charge in [-0.3, -0.25) is 4.79 Å². The van der Waals surface area contributed by atoms with Crippen molar-refractivity contribution >= 4 is 5.91 Å². The molecule has 0 aromatic carbocycles. The molecule has 4 heteroatoms. The average molecular weight is 186 g/mol. The van der Waals surface area contributed by atoms with Crippen LogP contribution in [-0.4, -0.2) is 49.7 Å². The van der Waals surface area contributed by atoms with E-state index in [9.17, 15) is 4.79 Å². The maximum atomic E-state index is 11.5. The van der Waals surface area contributed by atoms with Crippen molar-refractivity contribution in [2.45, 2.75) is 25.9 Å². The van der Waals surface area contributed by atoms with Crippen LogP contribution in [0, 0.1) is 0 Å². The highest BCUT2D eigenvalue weighted by Crippen LogP contribution is 1.99. The lowest BCUT2D eigenvalue weighted by Gasteiger charge is -2.28. The summed E-state index contributed by atoms with van der Waals surface area (Å²) in [4.78, 5) is 13.2. The van der Waals surface area contributed by atoms with Gasteiger partial charge in [0.05, 0.1) is 25.8 Å². The van der Waals surface area contributed by atoms with Crippen molar-refractivity contribution < 1.29 is 9.53 Å². The highest BCUT2D eigenvalue weighted by Gasteiger charge is 2.19. The molecule has 0 atom stereocenters. The SMILES string of the molecule is CC(C)N(C)C(=O)CNC1COC1. The minimum atomic E-state index is 0.141. The second-order valence-corrected chi connectivity index (χ2v) is 3.71. The number of carbonyl (C=O) groups is 1. The molecule has 4 nitrogen and oxygen atoms in total. The molecule has 13 heavy (non-hydrogen) atoms. The van der Waals surface area contributed by atoms with Gasteiger partial charge in [-0.2, -0.15) is 0 Å². The molecule has 1 amide bonds. The fraction of sp³-hybridized carbons (Fsp3) is 0.889. The number of carbonyl (C=O) groups excluding carboxylic acids is 1. The number of likely N-dealkylation sites (N-methyl/N-ethyl adjacent to an activating group) is 1. The van der Waals surface area contributed by atoms with Crippen molar-refractivity contribution in [3.63, 3.8) is 0 Å². The topological polar surface area (TPSA) is 41.6 Å². The first-order valence-corrected chi connectivity index (χ1v) is 4.68. The minimum Gasteiger partial charge on any atom is -0.378 e. The Morgan fingerprint density at radius 1 is 1.62 bits per heavy atom. The summed E-state index contributed by atoms with van der Waals surface area (Å²) in [6.45, 7) is 5.90. The van der Waals surface area contributed by atoms with Crippen LogP contribution >= 0.6 is 0 Å². The third-order valence-electron chi connectivity index (χ3n) is 2.35. The molecule has 1 N–H and O–H groups in total. The number of nitrogens with zero attached hydrogens (tertiary/aromatic N) is 1. The number of amides is 1. The van der Waals surface area contributed by atoms with E-state index in [4.69, 9.17) is 4.74 Å². The molecule has 1 fully saturated rings. The summed E-state index contributed by atoms with van der Waals surface area (Å²) in [5.74, 6) is 0.141. The van der Waals surface area contributed by atoms with E-state index in [1.54, 1.807) is 4.90 Å². The largest absolute Gasteiger partial charge is 0.378 e. The molecular weight excluding hydrogens is 168 g/mol. The van der Waals surface area contributed by atoms with Crippen molar-refractivity contribution in [1.29, 1.82) is 0 Å². The average Bonchev–Trinajstić information content (AvgIpc) is 1.99. The first kappa shape index (κ1) is 10.5. The molecule has 1 saturated heterocycles. The quantitative estimate of drug-likeness (QED) is 0.663. The van der Waals surface area contributed by atoms with Crippen LogP contribution in [-0.2, 0) is 9.53 Å². The second kappa shape index (κ2) is 4.58. The summed E-state index contributed by atoms with van der Waals surface area (Å²) >= 11 is 0. The molecule has 0 aromatic heterocycles. The molecular formula is C9H18N2O2. The van der Waals surface area contributed by atoms with Gasteiger partial charge < -0.3 is 15.0 Å². The zero-order valence-corrected chi connectivity index (χ0v) is 8.54. The maximum absolute atomic E-state index is 11.5. The van der Waals surface area contributed by atoms with E-state index in [0.29, 0.717) is 12.6 Å². The van der Waals surface area contributed by atoms with Gasteiger partial charge in [0.1, 0.15) is 0 Å². The molecule has 1 aliphatic heterocycles. The Morgan fingerprint density at radius 3 is 2.62 bits per heavy atom. The molecule has 1 aliphatic rings. The van der Waals surface area contributed by atoms with E-state index in [-0.39, 0.29) is 11.9 Å². The third-order valence-corrected chi connectivity index (χ3v) is 2.35. The van der Waals surface area contributed by atoms with E-state index in [2.05, 4.69) is 5.32 Å². The summed E-state index contributed by atoms with van der Waals surface area (Å²) < 4.78 is 4.99. The monoisotopic (exact) mass is 186 g/mol. The zero-order chi connectivity index (χ0) is 9.84. The first-order chi connectivity index (χ1) is 6.11. The van der Waals surface area contributed by atoms with Gasteiger partial charge in [0, 0.05) is 13.1 Å². The lowest BCUT2D eigenvalue weighted by atomic mass is 10.2. The molecule has 0 aromatic rings. The normalized spacial score (nSPS) is 17.2. The van der Waals surface area contributed by atoms with Crippen molar-refractivity contribution in [1.82, 2.24) is 10.2 Å². The smallest absolute Gasteiger partial charge is 0.236 e. The molecule has 76 valence electrons. The zero-order valence-electron chi connectivity index (χ0n) is 8.54. The molecule has 0 bridgehead atoms. The highest BCUT2D eigenvalue weighted by atomic mass is 16.5. The van der Waals surface area contributed by atoms with Crippen molar-refractivity contribution in [2.24, 2.45) is 0 Å². The number of hydrogen-bond acceptors (Lipinski definition) is 3. The van der Waals surface area contributed by atoms with Gasteiger partial charge in [-0.05, 0) is 13.8 Å². The van der Waals surface area contributed by atoms with E-state index in [0.717, 1.165) is 13.2 Å². The van der Waals surface area contributed by atoms with E-state index < -0.39 is 0 Å². The third kappa shape index (κ3) is 2.97. The lowest BCUT2D eigenvalue weighted by Crippen LogP contribution is -2.50. The first-order valence-electron chi connectivity index (χ1n) is 4.68. The standard InChI is InChI=1S/C9H18N2O2/c1-7(2)11(3)9(12)4-10-8-5-13-6-8/h7-8,10H,4-6H2,1-3H3. The highest BCUT2D eigenvalue weighted by molar-refractivity contribution is 5.78. The van der Waals surface area contributed by atoms with Gasteiger partial charge in [0.25, 0.3) is 0 Å². The number of ether oxygens (including phenoxy) is 1. The molecule has 0 radical (unpaired) electrons. The van der Waals surface area contributed by atoms with Crippen molar-refractivity contribution in [3.05, 3.63) is 0 Å². The predicted octanol–water partition coefficient (Wildman–Crippen LogP) is -0.158. The Kier molecular flexibility index (Phi) is 3.69. The van der Waals surface area contributed by atoms with Crippen LogP contribution in [0.2, 0.25) is 0 Å². The van der Waals surface area contributed by atoms with Crippen molar-refractivity contribution in [3.8, 4) is 0 Å². The lowest BCUT2D eigenvalue weighted by molar-refractivity contribution is -0.131. The Morgan fingerprint density at radius 2 is 2.23 bits per heavy atom. The fourth-order valence-electron chi connectivity index (χ4n) is 0.998. The predicted molar refractivity (Wildman–Crippen MR) is 50.5 cm³/mol. The van der Waals surface area contributed by atoms with Crippen LogP contribution < -0.4 is 5.32 Å². The summed E-state index contributed by atoms with van der Waals surface area (Å²) in [6, 6.07) is 0.649. The number of rotatable bonds is 4. The Hall–Kier alpha value is -0.610. The summed E-state index contributed by atoms with van der Waals surface area (Å²) in [6.07, 6.45) is 0. The van der Waals surface area contributed by atoms with Crippen molar-refractivity contribution in [2.75, 3.05) is 26.8 Å². The van der Waals surface area contributed by atoms with E-state index in [1.165, 1.54) is 0 Å². The summed E-state index contributed by atoms with van der Waals surface area (Å²) in [5.41, 5.74) is 0. The van der Waals surface area contributed by atoms with Gasteiger partial charge in [0.15, 0.2) is 0 Å². The minimum absolute atomic E-state index is 0.141. The molecule has 0 saturated carbocycles. The number of nitrogens with one attached hydrogen (secondary N) is 1. The van der Waals surface area contributed by atoms with Crippen LogP contribution in [0.15, 0.2) is 0 Å². The molecule has 0 spiro atoms. The Labute approximate surface area is 79.2 Å². The molecule has 0 unspecified atom stereocenters.